The molecule has 1 aliphatic heterocycles. The van der Waals surface area contributed by atoms with Crippen LogP contribution in [0, 0.1) is 13.8 Å². The molecule has 0 aliphatic carbocycles. The number of nitrogens with zero attached hydrogens (tertiary/aromatic N) is 2. The average Bonchev–Trinajstić information content (AvgIpc) is 2.90. The zero-order valence-corrected chi connectivity index (χ0v) is 18.5. The highest BCUT2D eigenvalue weighted by molar-refractivity contribution is 9.10. The van der Waals surface area contributed by atoms with Crippen molar-refractivity contribution in [2.75, 3.05) is 16.3 Å². The van der Waals surface area contributed by atoms with Gasteiger partial charge in [-0.05, 0) is 78.0 Å². The van der Waals surface area contributed by atoms with Crippen LogP contribution in [0.4, 0.5) is 11.4 Å². The highest BCUT2D eigenvalue weighted by Crippen LogP contribution is 2.39. The van der Waals surface area contributed by atoms with Gasteiger partial charge in [0.1, 0.15) is 4.90 Å². The molecule has 0 saturated carbocycles. The number of hydrogen-bond donors (Lipinski definition) is 0. The monoisotopic (exact) mass is 450 g/mol. The van der Waals surface area contributed by atoms with Crippen LogP contribution in [-0.4, -0.2) is 27.4 Å². The van der Waals surface area contributed by atoms with Crippen LogP contribution in [-0.2, 0) is 21.2 Å². The second-order valence-electron chi connectivity index (χ2n) is 7.12. The van der Waals surface area contributed by atoms with Crippen molar-refractivity contribution < 1.29 is 13.2 Å². The number of hydrogen-bond acceptors (Lipinski definition) is 3. The van der Waals surface area contributed by atoms with E-state index in [0.717, 1.165) is 16.7 Å². The number of rotatable bonds is 3. The number of amides is 1. The Hall–Kier alpha value is -1.86. The standard InChI is InChI=1S/C20H23BrN2O3S/c1-12-6-7-13(2)18(8-12)22(5)27(25,26)20-11-19-16(10-17(20)21)9-14(3)23(19)15(4)24/h6-8,10-11,14H,9H2,1-5H3/t14-/m0/s1. The Labute approximate surface area is 169 Å². The molecule has 5 nitrogen and oxygen atoms in total. The molecule has 0 saturated heterocycles. The molecule has 144 valence electrons. The van der Waals surface area contributed by atoms with Gasteiger partial charge in [0.25, 0.3) is 10.0 Å². The smallest absolute Gasteiger partial charge is 0.265 e. The van der Waals surface area contributed by atoms with Gasteiger partial charge >= 0.3 is 0 Å². The zero-order chi connectivity index (χ0) is 20.1. The first-order valence-corrected chi connectivity index (χ1v) is 11.0. The molecule has 3 rings (SSSR count). The van der Waals surface area contributed by atoms with Gasteiger partial charge in [0.2, 0.25) is 5.91 Å². The topological polar surface area (TPSA) is 57.7 Å². The number of fused-ring (bicyclic) bond motifs is 1. The molecule has 0 N–H and O–H groups in total. The summed E-state index contributed by atoms with van der Waals surface area (Å²) in [4.78, 5) is 13.9. The van der Waals surface area contributed by atoms with E-state index in [1.165, 1.54) is 11.2 Å². The minimum atomic E-state index is -3.80. The molecule has 0 spiro atoms. The molecule has 1 aliphatic rings. The number of aryl methyl sites for hydroxylation is 2. The summed E-state index contributed by atoms with van der Waals surface area (Å²) in [6, 6.07) is 9.17. The van der Waals surface area contributed by atoms with Gasteiger partial charge in [0.15, 0.2) is 0 Å². The first-order valence-electron chi connectivity index (χ1n) is 8.72. The van der Waals surface area contributed by atoms with E-state index in [-0.39, 0.29) is 16.8 Å². The van der Waals surface area contributed by atoms with Crippen LogP contribution >= 0.6 is 15.9 Å². The third-order valence-electron chi connectivity index (χ3n) is 5.03. The van der Waals surface area contributed by atoms with Crippen LogP contribution in [0.2, 0.25) is 0 Å². The number of carbonyl (C=O) groups excluding carboxylic acids is 1. The Balaban J connectivity index is 2.13. The molecule has 2 aromatic rings. The van der Waals surface area contributed by atoms with Gasteiger partial charge < -0.3 is 4.90 Å². The molecule has 1 atom stereocenters. The molecule has 0 fully saturated rings. The van der Waals surface area contributed by atoms with E-state index >= 15 is 0 Å². The highest BCUT2D eigenvalue weighted by Gasteiger charge is 2.33. The fourth-order valence-corrected chi connectivity index (χ4v) is 5.95. The molecule has 1 heterocycles. The van der Waals surface area contributed by atoms with Crippen molar-refractivity contribution in [1.82, 2.24) is 0 Å². The quantitative estimate of drug-likeness (QED) is 0.704. The SMILES string of the molecule is CC(=O)N1c2cc(S(=O)(=O)N(C)c3cc(C)ccc3C)c(Br)cc2C[C@@H]1C. The van der Waals surface area contributed by atoms with Gasteiger partial charge in [-0.15, -0.1) is 0 Å². The molecule has 7 heteroatoms. The first kappa shape index (κ1) is 19.9. The maximum atomic E-state index is 13.4. The van der Waals surface area contributed by atoms with Gasteiger partial charge in [-0.3, -0.25) is 9.10 Å². The summed E-state index contributed by atoms with van der Waals surface area (Å²) in [7, 11) is -2.24. The third kappa shape index (κ3) is 3.38. The van der Waals surface area contributed by atoms with Gasteiger partial charge in [-0.2, -0.15) is 0 Å². The molecule has 0 radical (unpaired) electrons. The average molecular weight is 451 g/mol. The predicted octanol–water partition coefficient (Wildman–Crippen LogP) is 4.19. The zero-order valence-electron chi connectivity index (χ0n) is 16.1. The molecule has 0 unspecified atom stereocenters. The number of benzene rings is 2. The highest BCUT2D eigenvalue weighted by atomic mass is 79.9. The Morgan fingerprint density at radius 2 is 1.89 bits per heavy atom. The van der Waals surface area contributed by atoms with E-state index in [9.17, 15) is 13.2 Å². The van der Waals surface area contributed by atoms with Crippen LogP contribution in [0.3, 0.4) is 0 Å². The van der Waals surface area contributed by atoms with Crippen molar-refractivity contribution in [2.45, 2.75) is 45.1 Å². The lowest BCUT2D eigenvalue weighted by atomic mass is 10.1. The van der Waals surface area contributed by atoms with E-state index in [1.807, 2.05) is 45.0 Å². The number of carbonyl (C=O) groups is 1. The van der Waals surface area contributed by atoms with Crippen molar-refractivity contribution in [3.63, 3.8) is 0 Å². The molecular weight excluding hydrogens is 428 g/mol. The summed E-state index contributed by atoms with van der Waals surface area (Å²) in [5, 5.41) is 0. The maximum Gasteiger partial charge on any atom is 0.265 e. The van der Waals surface area contributed by atoms with Crippen LogP contribution in [0.5, 0.6) is 0 Å². The molecule has 2 aromatic carbocycles. The largest absolute Gasteiger partial charge is 0.309 e. The van der Waals surface area contributed by atoms with Crippen LogP contribution < -0.4 is 9.21 Å². The molecule has 1 amide bonds. The molecular formula is C20H23BrN2O3S. The summed E-state index contributed by atoms with van der Waals surface area (Å²) >= 11 is 3.43. The molecule has 0 bridgehead atoms. The van der Waals surface area contributed by atoms with E-state index in [4.69, 9.17) is 0 Å². The van der Waals surface area contributed by atoms with Gasteiger partial charge in [0, 0.05) is 30.2 Å². The van der Waals surface area contributed by atoms with Crippen molar-refractivity contribution in [3.05, 3.63) is 51.5 Å². The van der Waals surface area contributed by atoms with Crippen molar-refractivity contribution in [1.29, 1.82) is 0 Å². The summed E-state index contributed by atoms with van der Waals surface area (Å²) in [6.07, 6.45) is 0.709. The van der Waals surface area contributed by atoms with E-state index in [2.05, 4.69) is 15.9 Å². The van der Waals surface area contributed by atoms with Crippen LogP contribution in [0.25, 0.3) is 0 Å². The normalized spacial score (nSPS) is 16.4. The third-order valence-corrected chi connectivity index (χ3v) is 7.76. The summed E-state index contributed by atoms with van der Waals surface area (Å²) < 4.78 is 28.5. The van der Waals surface area contributed by atoms with E-state index in [0.29, 0.717) is 22.3 Å². The number of anilines is 2. The lowest BCUT2D eigenvalue weighted by Gasteiger charge is -2.24. The minimum Gasteiger partial charge on any atom is -0.309 e. The second kappa shape index (κ2) is 6.95. The molecule has 0 aromatic heterocycles. The van der Waals surface area contributed by atoms with Gasteiger partial charge in [-0.1, -0.05) is 12.1 Å². The maximum absolute atomic E-state index is 13.4. The van der Waals surface area contributed by atoms with Crippen molar-refractivity contribution >= 4 is 43.2 Å². The Morgan fingerprint density at radius 3 is 2.52 bits per heavy atom. The lowest BCUT2D eigenvalue weighted by molar-refractivity contribution is -0.116. The number of sulfonamides is 1. The Morgan fingerprint density at radius 1 is 1.22 bits per heavy atom. The Kier molecular flexibility index (Phi) is 5.12. The minimum absolute atomic E-state index is 0.0131. The van der Waals surface area contributed by atoms with Gasteiger partial charge in [0.05, 0.1) is 5.69 Å². The van der Waals surface area contributed by atoms with Crippen LogP contribution in [0.15, 0.2) is 39.7 Å². The fraction of sp³-hybridized carbons (Fsp3) is 0.350. The first-order chi connectivity index (χ1) is 12.5. The van der Waals surface area contributed by atoms with E-state index < -0.39 is 10.0 Å². The fourth-order valence-electron chi connectivity index (χ4n) is 3.63. The summed E-state index contributed by atoms with van der Waals surface area (Å²) in [5.41, 5.74) is 4.15. The Bertz CT molecular complexity index is 1030. The van der Waals surface area contributed by atoms with Gasteiger partial charge in [-0.25, -0.2) is 8.42 Å². The summed E-state index contributed by atoms with van der Waals surface area (Å²) in [5.74, 6) is -0.0881. The number of halogens is 1. The van der Waals surface area contributed by atoms with Crippen LogP contribution in [0.1, 0.15) is 30.5 Å². The van der Waals surface area contributed by atoms with Crippen molar-refractivity contribution in [2.24, 2.45) is 0 Å². The lowest BCUT2D eigenvalue weighted by Crippen LogP contribution is -2.34. The predicted molar refractivity (Wildman–Crippen MR) is 112 cm³/mol. The second-order valence-corrected chi connectivity index (χ2v) is 9.91. The van der Waals surface area contributed by atoms with E-state index in [1.54, 1.807) is 18.0 Å². The van der Waals surface area contributed by atoms with Crippen molar-refractivity contribution in [3.8, 4) is 0 Å². The molecule has 27 heavy (non-hydrogen) atoms. The summed E-state index contributed by atoms with van der Waals surface area (Å²) in [6.45, 7) is 7.29.